The van der Waals surface area contributed by atoms with E-state index in [0.717, 1.165) is 11.3 Å². The number of esters is 1. The van der Waals surface area contributed by atoms with E-state index >= 15 is 0 Å². The summed E-state index contributed by atoms with van der Waals surface area (Å²) in [6.07, 6.45) is 5.60. The van der Waals surface area contributed by atoms with Gasteiger partial charge in [-0.25, -0.2) is 4.79 Å². The lowest BCUT2D eigenvalue weighted by Crippen LogP contribution is -2.46. The van der Waals surface area contributed by atoms with Crippen molar-refractivity contribution >= 4 is 23.3 Å². The Balaban J connectivity index is 1.85. The molecule has 1 spiro atoms. The second kappa shape index (κ2) is 5.83. The number of amides is 1. The Bertz CT molecular complexity index is 872. The monoisotopic (exact) mass is 352 g/mol. The second-order valence-electron chi connectivity index (χ2n) is 6.83. The molecule has 3 heterocycles. The van der Waals surface area contributed by atoms with Gasteiger partial charge in [0.15, 0.2) is 5.78 Å². The predicted molar refractivity (Wildman–Crippen MR) is 95.3 cm³/mol. The van der Waals surface area contributed by atoms with Gasteiger partial charge in [-0.15, -0.1) is 0 Å². The molecule has 3 atom stereocenters. The van der Waals surface area contributed by atoms with Gasteiger partial charge in [-0.3, -0.25) is 9.59 Å². The first-order valence-electron chi connectivity index (χ1n) is 8.75. The summed E-state index contributed by atoms with van der Waals surface area (Å²) in [4.78, 5) is 39.3. The number of carbonyl (C=O) groups is 3. The zero-order chi connectivity index (χ0) is 18.5. The highest BCUT2D eigenvalue weighted by molar-refractivity contribution is 6.08. The van der Waals surface area contributed by atoms with E-state index in [-0.39, 0.29) is 30.3 Å². The number of hydrogen-bond acceptors (Lipinski definition) is 5. The molecule has 1 aromatic carbocycles. The van der Waals surface area contributed by atoms with Crippen molar-refractivity contribution in [3.63, 3.8) is 0 Å². The standard InChI is InChI=1S/C20H20N2O4/c1-3-26-18(24)16-10-20(14-6-4-5-7-15(14)21-19(20)25)17-9-8-13(12(2)23)11-22(16)17/h4-9,11,16-17H,3,10H2,1-2H3,(H,21,25)/t16-,17+,20?/m1/s1. The number of nitrogens with zero attached hydrogens (tertiary/aromatic N) is 1. The molecule has 1 fully saturated rings. The third-order valence-electron chi connectivity index (χ3n) is 5.47. The van der Waals surface area contributed by atoms with E-state index in [1.807, 2.05) is 35.2 Å². The maximum absolute atomic E-state index is 13.0. The van der Waals surface area contributed by atoms with Crippen LogP contribution in [0.4, 0.5) is 5.69 Å². The van der Waals surface area contributed by atoms with Crippen LogP contribution in [-0.4, -0.2) is 41.3 Å². The largest absolute Gasteiger partial charge is 0.464 e. The van der Waals surface area contributed by atoms with Crippen LogP contribution >= 0.6 is 0 Å². The topological polar surface area (TPSA) is 75.7 Å². The first-order chi connectivity index (χ1) is 12.5. The lowest BCUT2D eigenvalue weighted by Gasteiger charge is -2.34. The molecule has 0 aromatic heterocycles. The van der Waals surface area contributed by atoms with Crippen molar-refractivity contribution in [2.45, 2.75) is 37.8 Å². The van der Waals surface area contributed by atoms with Crippen molar-refractivity contribution in [1.82, 2.24) is 4.90 Å². The maximum Gasteiger partial charge on any atom is 0.328 e. The molecule has 6 nitrogen and oxygen atoms in total. The van der Waals surface area contributed by atoms with Gasteiger partial charge in [0, 0.05) is 17.5 Å². The number of rotatable bonds is 3. The highest BCUT2D eigenvalue weighted by Gasteiger charge is 2.61. The van der Waals surface area contributed by atoms with Crippen LogP contribution in [0.2, 0.25) is 0 Å². The van der Waals surface area contributed by atoms with Crippen molar-refractivity contribution < 1.29 is 19.1 Å². The van der Waals surface area contributed by atoms with Crippen LogP contribution in [0.25, 0.3) is 0 Å². The van der Waals surface area contributed by atoms with Gasteiger partial charge in [-0.05, 0) is 31.9 Å². The minimum Gasteiger partial charge on any atom is -0.464 e. The highest BCUT2D eigenvalue weighted by atomic mass is 16.5. The summed E-state index contributed by atoms with van der Waals surface area (Å²) in [5, 5.41) is 2.95. The van der Waals surface area contributed by atoms with E-state index < -0.39 is 11.5 Å². The molecular formula is C20H20N2O4. The fraction of sp³-hybridized carbons (Fsp3) is 0.350. The first kappa shape index (κ1) is 16.6. The van der Waals surface area contributed by atoms with Crippen LogP contribution in [0.15, 0.2) is 48.2 Å². The quantitative estimate of drug-likeness (QED) is 0.841. The molecule has 1 N–H and O–H groups in total. The number of para-hydroxylation sites is 1. The zero-order valence-electron chi connectivity index (χ0n) is 14.7. The Morgan fingerprint density at radius 2 is 2.12 bits per heavy atom. The number of hydrogen-bond donors (Lipinski definition) is 1. The number of nitrogens with one attached hydrogen (secondary N) is 1. The molecule has 3 aliphatic heterocycles. The van der Waals surface area contributed by atoms with Gasteiger partial charge in [0.25, 0.3) is 0 Å². The van der Waals surface area contributed by atoms with Crippen molar-refractivity contribution in [3.05, 3.63) is 53.8 Å². The summed E-state index contributed by atoms with van der Waals surface area (Å²) >= 11 is 0. The fourth-order valence-corrected chi connectivity index (χ4v) is 4.30. The number of ether oxygens (including phenoxy) is 1. The molecule has 0 saturated carbocycles. The molecule has 0 bridgehead atoms. The molecule has 1 aromatic rings. The zero-order valence-corrected chi connectivity index (χ0v) is 14.7. The van der Waals surface area contributed by atoms with Gasteiger partial charge in [0.2, 0.25) is 5.91 Å². The van der Waals surface area contributed by atoms with E-state index in [4.69, 9.17) is 4.74 Å². The van der Waals surface area contributed by atoms with Crippen LogP contribution < -0.4 is 5.32 Å². The van der Waals surface area contributed by atoms with Crippen molar-refractivity contribution in [2.24, 2.45) is 0 Å². The Morgan fingerprint density at radius 3 is 2.85 bits per heavy atom. The number of benzene rings is 1. The number of Topliss-reactive ketones (excluding diaryl/α,β-unsaturated/α-hetero) is 1. The Kier molecular flexibility index (Phi) is 3.72. The number of anilines is 1. The smallest absolute Gasteiger partial charge is 0.328 e. The molecule has 0 radical (unpaired) electrons. The molecule has 1 saturated heterocycles. The Morgan fingerprint density at radius 1 is 1.35 bits per heavy atom. The van der Waals surface area contributed by atoms with Crippen LogP contribution in [0.5, 0.6) is 0 Å². The molecule has 6 heteroatoms. The van der Waals surface area contributed by atoms with Crippen LogP contribution in [-0.2, 0) is 24.5 Å². The molecule has 26 heavy (non-hydrogen) atoms. The van der Waals surface area contributed by atoms with Crippen LogP contribution in [0.1, 0.15) is 25.8 Å². The lowest BCUT2D eigenvalue weighted by atomic mass is 9.73. The molecule has 4 rings (SSSR count). The van der Waals surface area contributed by atoms with Gasteiger partial charge in [-0.2, -0.15) is 0 Å². The summed E-state index contributed by atoms with van der Waals surface area (Å²) in [7, 11) is 0. The maximum atomic E-state index is 13.0. The van der Waals surface area contributed by atoms with Gasteiger partial charge >= 0.3 is 5.97 Å². The number of fused-ring (bicyclic) bond motifs is 4. The summed E-state index contributed by atoms with van der Waals surface area (Å²) < 4.78 is 5.25. The molecule has 1 amide bonds. The number of carbonyl (C=O) groups excluding carboxylic acids is 3. The van der Waals surface area contributed by atoms with Crippen molar-refractivity contribution in [2.75, 3.05) is 11.9 Å². The van der Waals surface area contributed by atoms with E-state index in [0.29, 0.717) is 12.0 Å². The van der Waals surface area contributed by atoms with Gasteiger partial charge < -0.3 is 15.0 Å². The lowest BCUT2D eigenvalue weighted by molar-refractivity contribution is -0.147. The van der Waals surface area contributed by atoms with Gasteiger partial charge in [0.1, 0.15) is 11.5 Å². The summed E-state index contributed by atoms with van der Waals surface area (Å²) in [5.74, 6) is -0.578. The van der Waals surface area contributed by atoms with Gasteiger partial charge in [0.05, 0.1) is 12.6 Å². The van der Waals surface area contributed by atoms with E-state index in [9.17, 15) is 14.4 Å². The third kappa shape index (κ3) is 2.14. The minimum atomic E-state index is -0.872. The average molecular weight is 352 g/mol. The fourth-order valence-electron chi connectivity index (χ4n) is 4.30. The SMILES string of the molecule is CCOC(=O)[C@H]1CC2(C(=O)Nc3ccccc32)[C@@H]2C=CC(C(C)=O)=CN12. The molecule has 0 aliphatic carbocycles. The Hall–Kier alpha value is -2.89. The normalized spacial score (nSPS) is 28.5. The molecule has 134 valence electrons. The molecule has 3 aliphatic rings. The van der Waals surface area contributed by atoms with E-state index in [1.165, 1.54) is 6.92 Å². The average Bonchev–Trinajstić information content (AvgIpc) is 3.12. The van der Waals surface area contributed by atoms with Crippen LogP contribution in [0.3, 0.4) is 0 Å². The number of allylic oxidation sites excluding steroid dienone is 2. The molecular weight excluding hydrogens is 332 g/mol. The summed E-state index contributed by atoms with van der Waals surface area (Å²) in [6.45, 7) is 3.51. The second-order valence-corrected chi connectivity index (χ2v) is 6.83. The molecule has 1 unspecified atom stereocenters. The van der Waals surface area contributed by atoms with Crippen LogP contribution in [0, 0.1) is 0 Å². The van der Waals surface area contributed by atoms with E-state index in [2.05, 4.69) is 5.32 Å². The van der Waals surface area contributed by atoms with E-state index in [1.54, 1.807) is 19.2 Å². The van der Waals surface area contributed by atoms with Crippen molar-refractivity contribution in [3.8, 4) is 0 Å². The predicted octanol–water partition coefficient (Wildman–Crippen LogP) is 1.93. The first-order valence-corrected chi connectivity index (χ1v) is 8.75. The highest BCUT2D eigenvalue weighted by Crippen LogP contribution is 2.52. The van der Waals surface area contributed by atoms with Gasteiger partial charge in [-0.1, -0.05) is 30.4 Å². The number of ketones is 1. The minimum absolute atomic E-state index is 0.0838. The van der Waals surface area contributed by atoms with Crippen molar-refractivity contribution in [1.29, 1.82) is 0 Å². The summed E-state index contributed by atoms with van der Waals surface area (Å²) in [5.41, 5.74) is 1.30. The Labute approximate surface area is 151 Å². The third-order valence-corrected chi connectivity index (χ3v) is 5.47. The summed E-state index contributed by atoms with van der Waals surface area (Å²) in [6, 6.07) is 6.61.